The van der Waals surface area contributed by atoms with Crippen molar-refractivity contribution >= 4 is 29.5 Å². The lowest BCUT2D eigenvalue weighted by Gasteiger charge is -2.25. The van der Waals surface area contributed by atoms with E-state index in [1.54, 1.807) is 11.3 Å². The van der Waals surface area contributed by atoms with Crippen LogP contribution < -0.4 is 10.1 Å². The molecule has 1 heterocycles. The molecular formula is C21H26ClNO3S. The molecular weight excluding hydrogens is 382 g/mol. The number of Topliss-reactive ketones (excluding diaryl/α,β-unsaturated/α-hetero) is 1. The Labute approximate surface area is 170 Å². The molecule has 27 heavy (non-hydrogen) atoms. The molecule has 0 saturated heterocycles. The molecule has 146 valence electrons. The number of para-hydroxylation sites is 1. The van der Waals surface area contributed by atoms with Gasteiger partial charge >= 0.3 is 0 Å². The summed E-state index contributed by atoms with van der Waals surface area (Å²) >= 11 is 1.74. The van der Waals surface area contributed by atoms with Gasteiger partial charge in [-0.05, 0) is 50.8 Å². The van der Waals surface area contributed by atoms with Crippen LogP contribution in [0.2, 0.25) is 0 Å². The van der Waals surface area contributed by atoms with E-state index in [9.17, 15) is 9.90 Å². The van der Waals surface area contributed by atoms with Crippen LogP contribution in [0.1, 0.15) is 39.4 Å². The zero-order valence-corrected chi connectivity index (χ0v) is 17.0. The van der Waals surface area contributed by atoms with Gasteiger partial charge in [0.05, 0.1) is 0 Å². The SMILES string of the molecule is Cc1cc2c(s1)CCC(CN[C@@H]1CC[C@H](Oc3ccccc3)[C@@H]1O)C2=O.Cl. The van der Waals surface area contributed by atoms with E-state index >= 15 is 0 Å². The van der Waals surface area contributed by atoms with Crippen molar-refractivity contribution in [3.05, 3.63) is 51.7 Å². The first-order chi connectivity index (χ1) is 12.6. The Kier molecular flexibility index (Phi) is 6.58. The summed E-state index contributed by atoms with van der Waals surface area (Å²) in [4.78, 5) is 15.2. The van der Waals surface area contributed by atoms with E-state index in [4.69, 9.17) is 4.74 Å². The predicted molar refractivity (Wildman–Crippen MR) is 110 cm³/mol. The largest absolute Gasteiger partial charge is 0.488 e. The Morgan fingerprint density at radius 2 is 2.00 bits per heavy atom. The summed E-state index contributed by atoms with van der Waals surface area (Å²) in [5, 5.41) is 14.0. The van der Waals surface area contributed by atoms with Gasteiger partial charge in [0.15, 0.2) is 5.78 Å². The maximum atomic E-state index is 12.7. The Bertz CT molecular complexity index is 779. The highest BCUT2D eigenvalue weighted by Crippen LogP contribution is 2.32. The van der Waals surface area contributed by atoms with Crippen molar-refractivity contribution < 1.29 is 14.6 Å². The maximum absolute atomic E-state index is 12.7. The number of halogens is 1. The molecule has 0 bridgehead atoms. The first-order valence-corrected chi connectivity index (χ1v) is 10.2. The van der Waals surface area contributed by atoms with Crippen molar-refractivity contribution in [3.8, 4) is 5.75 Å². The summed E-state index contributed by atoms with van der Waals surface area (Å²) in [5.41, 5.74) is 0.919. The lowest BCUT2D eigenvalue weighted by molar-refractivity contribution is 0.0442. The second-order valence-corrected chi connectivity index (χ2v) is 8.69. The number of ketones is 1. The van der Waals surface area contributed by atoms with Crippen LogP contribution in [-0.2, 0) is 6.42 Å². The molecule has 2 aliphatic rings. The molecule has 2 aliphatic carbocycles. The van der Waals surface area contributed by atoms with Crippen LogP contribution in [-0.4, -0.2) is 35.7 Å². The van der Waals surface area contributed by atoms with Crippen molar-refractivity contribution in [1.29, 1.82) is 0 Å². The van der Waals surface area contributed by atoms with Crippen molar-refractivity contribution in [1.82, 2.24) is 5.32 Å². The Balaban J connectivity index is 0.00000210. The van der Waals surface area contributed by atoms with Gasteiger partial charge in [0.2, 0.25) is 0 Å². The highest BCUT2D eigenvalue weighted by atomic mass is 35.5. The zero-order valence-electron chi connectivity index (χ0n) is 15.4. The number of hydrogen-bond acceptors (Lipinski definition) is 5. The number of carbonyl (C=O) groups is 1. The van der Waals surface area contributed by atoms with Crippen molar-refractivity contribution in [2.24, 2.45) is 5.92 Å². The molecule has 4 atom stereocenters. The number of aliphatic hydroxyl groups is 1. The number of aryl methyl sites for hydroxylation is 2. The van der Waals surface area contributed by atoms with Crippen LogP contribution in [0.5, 0.6) is 5.75 Å². The van der Waals surface area contributed by atoms with Crippen LogP contribution in [0.15, 0.2) is 36.4 Å². The number of thiophene rings is 1. The zero-order chi connectivity index (χ0) is 18.1. The fraction of sp³-hybridized carbons (Fsp3) is 0.476. The molecule has 4 nitrogen and oxygen atoms in total. The minimum Gasteiger partial charge on any atom is -0.488 e. The van der Waals surface area contributed by atoms with Crippen LogP contribution in [0, 0.1) is 12.8 Å². The van der Waals surface area contributed by atoms with E-state index in [-0.39, 0.29) is 36.3 Å². The number of nitrogens with one attached hydrogen (secondary N) is 1. The summed E-state index contributed by atoms with van der Waals surface area (Å²) in [5.74, 6) is 1.06. The Hall–Kier alpha value is -1.40. The average molecular weight is 408 g/mol. The topological polar surface area (TPSA) is 58.6 Å². The molecule has 2 N–H and O–H groups in total. The molecule has 0 aliphatic heterocycles. The van der Waals surface area contributed by atoms with Crippen LogP contribution in [0.25, 0.3) is 0 Å². The molecule has 1 aromatic carbocycles. The molecule has 1 unspecified atom stereocenters. The minimum atomic E-state index is -0.548. The molecule has 0 radical (unpaired) electrons. The van der Waals surface area contributed by atoms with Gasteiger partial charge in [-0.2, -0.15) is 0 Å². The van der Waals surface area contributed by atoms with E-state index < -0.39 is 6.10 Å². The second kappa shape index (κ2) is 8.74. The molecule has 1 fully saturated rings. The number of rotatable bonds is 5. The molecule has 0 amide bonds. The monoisotopic (exact) mass is 407 g/mol. The van der Waals surface area contributed by atoms with Gasteiger partial charge in [0, 0.05) is 33.8 Å². The molecule has 0 spiro atoms. The first-order valence-electron chi connectivity index (χ1n) is 9.38. The van der Waals surface area contributed by atoms with Gasteiger partial charge < -0.3 is 15.2 Å². The summed E-state index contributed by atoms with van der Waals surface area (Å²) in [6, 6.07) is 11.7. The number of aliphatic hydroxyl groups excluding tert-OH is 1. The number of benzene rings is 1. The number of ether oxygens (including phenoxy) is 1. The Morgan fingerprint density at radius 3 is 2.78 bits per heavy atom. The van der Waals surface area contributed by atoms with Gasteiger partial charge in [-0.3, -0.25) is 4.79 Å². The highest BCUT2D eigenvalue weighted by molar-refractivity contribution is 7.12. The standard InChI is InChI=1S/C21H25NO3S.ClH/c1-13-11-16-19(26-13)10-7-14(20(16)23)12-22-17-8-9-18(21(17)24)25-15-5-3-2-4-6-15;/h2-6,11,14,17-18,21-22,24H,7-10,12H2,1H3;1H/t14?,17-,18+,21-;/m1./s1. The van der Waals surface area contributed by atoms with Gasteiger partial charge in [0.25, 0.3) is 0 Å². The quantitative estimate of drug-likeness (QED) is 0.791. The van der Waals surface area contributed by atoms with Crippen LogP contribution in [0.4, 0.5) is 0 Å². The normalized spacial score (nSPS) is 27.1. The molecule has 4 rings (SSSR count). The molecule has 2 aromatic rings. The van der Waals surface area contributed by atoms with Crippen molar-refractivity contribution in [3.63, 3.8) is 0 Å². The van der Waals surface area contributed by atoms with Crippen LogP contribution >= 0.6 is 23.7 Å². The van der Waals surface area contributed by atoms with Gasteiger partial charge in [-0.25, -0.2) is 0 Å². The maximum Gasteiger partial charge on any atom is 0.168 e. The minimum absolute atomic E-state index is 0. The number of carbonyl (C=O) groups excluding carboxylic acids is 1. The second-order valence-electron chi connectivity index (χ2n) is 7.35. The van der Waals surface area contributed by atoms with E-state index in [0.29, 0.717) is 6.54 Å². The van der Waals surface area contributed by atoms with E-state index in [0.717, 1.165) is 37.0 Å². The predicted octanol–water partition coefficient (Wildman–Crippen LogP) is 3.78. The fourth-order valence-electron chi connectivity index (χ4n) is 4.07. The average Bonchev–Trinajstić information content (AvgIpc) is 3.19. The van der Waals surface area contributed by atoms with Crippen molar-refractivity contribution in [2.75, 3.05) is 6.54 Å². The third-order valence-electron chi connectivity index (χ3n) is 5.50. The van der Waals surface area contributed by atoms with E-state index in [2.05, 4.69) is 12.2 Å². The third kappa shape index (κ3) is 4.37. The third-order valence-corrected chi connectivity index (χ3v) is 6.61. The highest BCUT2D eigenvalue weighted by Gasteiger charge is 2.37. The Morgan fingerprint density at radius 1 is 1.22 bits per heavy atom. The smallest absolute Gasteiger partial charge is 0.168 e. The number of fused-ring (bicyclic) bond motifs is 1. The van der Waals surface area contributed by atoms with Crippen molar-refractivity contribution in [2.45, 2.75) is 50.9 Å². The molecule has 1 saturated carbocycles. The van der Waals surface area contributed by atoms with Crippen LogP contribution in [0.3, 0.4) is 0 Å². The van der Waals surface area contributed by atoms with Gasteiger partial charge in [-0.1, -0.05) is 18.2 Å². The van der Waals surface area contributed by atoms with Gasteiger partial charge in [0.1, 0.15) is 18.0 Å². The van der Waals surface area contributed by atoms with E-state index in [1.807, 2.05) is 36.4 Å². The fourth-order valence-corrected chi connectivity index (χ4v) is 5.13. The van der Waals surface area contributed by atoms with Gasteiger partial charge in [-0.15, -0.1) is 23.7 Å². The summed E-state index contributed by atoms with van der Waals surface area (Å²) in [7, 11) is 0. The van der Waals surface area contributed by atoms with E-state index in [1.165, 1.54) is 9.75 Å². The lowest BCUT2D eigenvalue weighted by Crippen LogP contribution is -2.44. The number of hydrogen-bond donors (Lipinski definition) is 2. The molecule has 1 aromatic heterocycles. The summed E-state index contributed by atoms with van der Waals surface area (Å²) < 4.78 is 5.92. The lowest BCUT2D eigenvalue weighted by atomic mass is 9.87. The summed E-state index contributed by atoms with van der Waals surface area (Å²) in [6.07, 6.45) is 2.82. The summed E-state index contributed by atoms with van der Waals surface area (Å²) in [6.45, 7) is 2.69. The molecule has 6 heteroatoms. The first kappa shape index (κ1) is 20.3.